The smallest absolute Gasteiger partial charge is 0.281 e. The number of fused-ring (bicyclic) bond motifs is 1. The van der Waals surface area contributed by atoms with Crippen molar-refractivity contribution in [2.75, 3.05) is 31.5 Å². The lowest BCUT2D eigenvalue weighted by molar-refractivity contribution is -0.120. The third-order valence-electron chi connectivity index (χ3n) is 7.21. The lowest BCUT2D eigenvalue weighted by Gasteiger charge is -2.33. The number of piperidine rings is 1. The van der Waals surface area contributed by atoms with Gasteiger partial charge >= 0.3 is 0 Å². The molecule has 8 nitrogen and oxygen atoms in total. The molecule has 2 saturated heterocycles. The van der Waals surface area contributed by atoms with Gasteiger partial charge in [0.1, 0.15) is 5.82 Å². The molecule has 2 fully saturated rings. The first-order valence-corrected chi connectivity index (χ1v) is 13.9. The summed E-state index contributed by atoms with van der Waals surface area (Å²) in [5.74, 6) is 0.603. The molecule has 1 amide bonds. The van der Waals surface area contributed by atoms with E-state index in [-0.39, 0.29) is 18.4 Å². The largest absolute Gasteiger partial charge is 0.331 e. The van der Waals surface area contributed by atoms with Crippen molar-refractivity contribution in [1.82, 2.24) is 18.2 Å². The number of nitrogens with zero attached hydrogens (tertiary/aromatic N) is 4. The molecule has 0 bridgehead atoms. The Morgan fingerprint density at radius 1 is 0.971 bits per heavy atom. The Balaban J connectivity index is 1.17. The fourth-order valence-electron chi connectivity index (χ4n) is 5.12. The van der Waals surface area contributed by atoms with Gasteiger partial charge in [0.05, 0.1) is 17.0 Å². The molecule has 1 atom stereocenters. The second-order valence-corrected chi connectivity index (χ2v) is 11.5. The zero-order valence-electron chi connectivity index (χ0n) is 20.2. The van der Waals surface area contributed by atoms with Crippen LogP contribution < -0.4 is 5.32 Å². The molecule has 1 N–H and O–H groups in total. The summed E-state index contributed by atoms with van der Waals surface area (Å²) in [5, 5.41) is 2.99. The van der Waals surface area contributed by atoms with Crippen molar-refractivity contribution in [3.05, 3.63) is 59.9 Å². The van der Waals surface area contributed by atoms with Crippen LogP contribution in [0.5, 0.6) is 0 Å². The third-order valence-corrected chi connectivity index (χ3v) is 9.21. The van der Waals surface area contributed by atoms with Gasteiger partial charge in [0.25, 0.3) is 10.2 Å². The van der Waals surface area contributed by atoms with Crippen LogP contribution in [0.4, 0.5) is 5.69 Å². The predicted octanol–water partition coefficient (Wildman–Crippen LogP) is 3.35. The maximum absolute atomic E-state index is 12.9. The maximum Gasteiger partial charge on any atom is 0.281 e. The number of aryl methyl sites for hydroxylation is 3. The van der Waals surface area contributed by atoms with Gasteiger partial charge < -0.3 is 9.88 Å². The van der Waals surface area contributed by atoms with Gasteiger partial charge in [-0.25, -0.2) is 4.98 Å². The summed E-state index contributed by atoms with van der Waals surface area (Å²) in [6, 6.07) is 16.0. The van der Waals surface area contributed by atoms with E-state index in [0.29, 0.717) is 32.5 Å². The minimum atomic E-state index is -3.47. The predicted molar refractivity (Wildman–Crippen MR) is 137 cm³/mol. The summed E-state index contributed by atoms with van der Waals surface area (Å²) < 4.78 is 31.0. The average molecular weight is 496 g/mol. The van der Waals surface area contributed by atoms with Gasteiger partial charge in [-0.2, -0.15) is 17.0 Å². The van der Waals surface area contributed by atoms with E-state index in [0.717, 1.165) is 48.2 Å². The molecule has 2 aromatic carbocycles. The molecule has 0 saturated carbocycles. The molecule has 0 spiro atoms. The topological polar surface area (TPSA) is 87.5 Å². The van der Waals surface area contributed by atoms with Crippen molar-refractivity contribution < 1.29 is 13.2 Å². The molecular formula is C26H33N5O3S. The van der Waals surface area contributed by atoms with Gasteiger partial charge in [-0.3, -0.25) is 4.79 Å². The molecule has 35 heavy (non-hydrogen) atoms. The number of anilines is 1. The van der Waals surface area contributed by atoms with Gasteiger partial charge in [-0.15, -0.1) is 0 Å². The number of imidazole rings is 1. The van der Waals surface area contributed by atoms with E-state index in [1.54, 1.807) is 4.31 Å². The molecule has 3 heterocycles. The van der Waals surface area contributed by atoms with E-state index >= 15 is 0 Å². The van der Waals surface area contributed by atoms with E-state index < -0.39 is 10.2 Å². The van der Waals surface area contributed by atoms with Crippen LogP contribution in [0, 0.1) is 5.92 Å². The van der Waals surface area contributed by atoms with Crippen LogP contribution in [0.2, 0.25) is 0 Å². The molecule has 3 aromatic rings. The Labute approximate surface area is 207 Å². The summed E-state index contributed by atoms with van der Waals surface area (Å²) in [5.41, 5.74) is 4.06. The van der Waals surface area contributed by atoms with E-state index in [1.165, 1.54) is 9.87 Å². The van der Waals surface area contributed by atoms with E-state index in [9.17, 15) is 13.2 Å². The van der Waals surface area contributed by atoms with E-state index in [2.05, 4.69) is 16.0 Å². The molecule has 1 unspecified atom stereocenters. The molecule has 2 aliphatic rings. The summed E-state index contributed by atoms with van der Waals surface area (Å²) in [4.78, 5) is 17.7. The Morgan fingerprint density at radius 2 is 1.69 bits per heavy atom. The van der Waals surface area contributed by atoms with Crippen molar-refractivity contribution in [2.45, 2.75) is 38.5 Å². The molecule has 186 valence electrons. The van der Waals surface area contributed by atoms with Crippen molar-refractivity contribution in [3.63, 3.8) is 0 Å². The van der Waals surface area contributed by atoms with Gasteiger partial charge in [0.15, 0.2) is 0 Å². The molecule has 0 radical (unpaired) electrons. The highest BCUT2D eigenvalue weighted by Crippen LogP contribution is 2.25. The SMILES string of the molecule is Cn1c(CCc2ccc(NC(=O)C3CCCN(S(=O)(=O)N4CCCC4)C3)cc2)nc2ccccc21. The Morgan fingerprint density at radius 3 is 2.43 bits per heavy atom. The standard InChI is InChI=1S/C26H33N5O3S/c1-29-24-9-3-2-8-23(24)28-25(29)15-12-20-10-13-22(14-11-20)27-26(32)21-7-6-18-31(19-21)35(33,34)30-16-4-5-17-30/h2-3,8-11,13-14,21H,4-7,12,15-19H2,1H3,(H,27,32). The normalized spacial score (nSPS) is 19.9. The molecular weight excluding hydrogens is 462 g/mol. The summed E-state index contributed by atoms with van der Waals surface area (Å²) >= 11 is 0. The minimum Gasteiger partial charge on any atom is -0.331 e. The van der Waals surface area contributed by atoms with Crippen molar-refractivity contribution >= 4 is 32.8 Å². The van der Waals surface area contributed by atoms with Crippen LogP contribution in [-0.4, -0.2) is 58.7 Å². The zero-order valence-corrected chi connectivity index (χ0v) is 21.0. The van der Waals surface area contributed by atoms with Gasteiger partial charge in [-0.05, 0) is 61.9 Å². The average Bonchev–Trinajstić information content (AvgIpc) is 3.53. The number of rotatable bonds is 7. The molecule has 2 aliphatic heterocycles. The maximum atomic E-state index is 12.9. The number of benzene rings is 2. The second kappa shape index (κ2) is 10.1. The van der Waals surface area contributed by atoms with Crippen LogP contribution >= 0.6 is 0 Å². The lowest BCUT2D eigenvalue weighted by atomic mass is 9.98. The highest BCUT2D eigenvalue weighted by Gasteiger charge is 2.36. The van der Waals surface area contributed by atoms with Crippen molar-refractivity contribution in [1.29, 1.82) is 0 Å². The van der Waals surface area contributed by atoms with E-state index in [1.807, 2.05) is 49.5 Å². The van der Waals surface area contributed by atoms with Crippen molar-refractivity contribution in [3.8, 4) is 0 Å². The first kappa shape index (κ1) is 24.0. The lowest BCUT2D eigenvalue weighted by Crippen LogP contribution is -2.49. The van der Waals surface area contributed by atoms with Gasteiger partial charge in [0.2, 0.25) is 5.91 Å². The van der Waals surface area contributed by atoms with Crippen LogP contribution in [0.3, 0.4) is 0 Å². The summed E-state index contributed by atoms with van der Waals surface area (Å²) in [6.07, 6.45) is 4.91. The fraction of sp³-hybridized carbons (Fsp3) is 0.462. The highest BCUT2D eigenvalue weighted by molar-refractivity contribution is 7.86. The number of aromatic nitrogens is 2. The Hall–Kier alpha value is -2.75. The van der Waals surface area contributed by atoms with Crippen LogP contribution in [0.15, 0.2) is 48.5 Å². The third kappa shape index (κ3) is 5.12. The van der Waals surface area contributed by atoms with Gasteiger partial charge in [0, 0.05) is 45.3 Å². The number of hydrogen-bond acceptors (Lipinski definition) is 4. The molecule has 1 aromatic heterocycles. The second-order valence-electron chi connectivity index (χ2n) is 9.57. The number of carbonyl (C=O) groups excluding carboxylic acids is 1. The summed E-state index contributed by atoms with van der Waals surface area (Å²) in [7, 11) is -1.42. The number of amides is 1. The first-order valence-electron chi connectivity index (χ1n) is 12.5. The van der Waals surface area contributed by atoms with Gasteiger partial charge in [-0.1, -0.05) is 24.3 Å². The molecule has 5 rings (SSSR count). The molecule has 9 heteroatoms. The Bertz CT molecular complexity index is 1300. The minimum absolute atomic E-state index is 0.112. The van der Waals surface area contributed by atoms with Crippen LogP contribution in [0.25, 0.3) is 11.0 Å². The highest BCUT2D eigenvalue weighted by atomic mass is 32.2. The molecule has 0 aliphatic carbocycles. The fourth-order valence-corrected chi connectivity index (χ4v) is 6.90. The van der Waals surface area contributed by atoms with Crippen LogP contribution in [0.1, 0.15) is 37.1 Å². The number of para-hydroxylation sites is 2. The number of carbonyl (C=O) groups is 1. The first-order chi connectivity index (χ1) is 16.9. The summed E-state index contributed by atoms with van der Waals surface area (Å²) in [6.45, 7) is 1.90. The van der Waals surface area contributed by atoms with Crippen molar-refractivity contribution in [2.24, 2.45) is 13.0 Å². The monoisotopic (exact) mass is 495 g/mol. The quantitative estimate of drug-likeness (QED) is 0.545. The number of nitrogens with one attached hydrogen (secondary N) is 1. The Kier molecular flexibility index (Phi) is 6.91. The van der Waals surface area contributed by atoms with E-state index in [4.69, 9.17) is 4.98 Å². The number of hydrogen-bond donors (Lipinski definition) is 1. The zero-order chi connectivity index (χ0) is 24.4. The van der Waals surface area contributed by atoms with Crippen LogP contribution in [-0.2, 0) is 34.9 Å².